The van der Waals surface area contributed by atoms with Crippen LogP contribution in [0.5, 0.6) is 0 Å². The van der Waals surface area contributed by atoms with Crippen LogP contribution in [0.1, 0.15) is 49.3 Å². The summed E-state index contributed by atoms with van der Waals surface area (Å²) >= 11 is 6.66. The van der Waals surface area contributed by atoms with Gasteiger partial charge in [0.15, 0.2) is 5.66 Å². The van der Waals surface area contributed by atoms with Crippen molar-refractivity contribution in [3.05, 3.63) is 58.1 Å². The van der Waals surface area contributed by atoms with Gasteiger partial charge in [0.25, 0.3) is 0 Å². The number of ether oxygens (including phenoxy) is 1. The van der Waals surface area contributed by atoms with E-state index >= 15 is 0 Å². The van der Waals surface area contributed by atoms with Gasteiger partial charge in [-0.15, -0.1) is 0 Å². The van der Waals surface area contributed by atoms with E-state index in [0.717, 1.165) is 59.5 Å². The van der Waals surface area contributed by atoms with Crippen LogP contribution in [0.25, 0.3) is 11.1 Å². The molecule has 0 saturated heterocycles. The minimum atomic E-state index is -0.623. The van der Waals surface area contributed by atoms with Gasteiger partial charge in [-0.25, -0.2) is 4.99 Å². The first kappa shape index (κ1) is 19.8. The van der Waals surface area contributed by atoms with Crippen molar-refractivity contribution >= 4 is 23.1 Å². The second-order valence-electron chi connectivity index (χ2n) is 9.07. The van der Waals surface area contributed by atoms with E-state index in [1.54, 1.807) is 0 Å². The first-order chi connectivity index (χ1) is 14.4. The number of amidine groups is 1. The van der Waals surface area contributed by atoms with Crippen LogP contribution in [0.15, 0.2) is 46.4 Å². The molecule has 0 amide bonds. The van der Waals surface area contributed by atoms with Gasteiger partial charge in [0, 0.05) is 23.7 Å². The molecule has 1 atom stereocenters. The summed E-state index contributed by atoms with van der Waals surface area (Å²) in [4.78, 5) is 10.2. The Morgan fingerprint density at radius 1 is 1.10 bits per heavy atom. The van der Waals surface area contributed by atoms with Crippen LogP contribution in [-0.2, 0) is 16.8 Å². The highest BCUT2D eigenvalue weighted by atomic mass is 35.5. The first-order valence-electron chi connectivity index (χ1n) is 10.7. The van der Waals surface area contributed by atoms with Gasteiger partial charge >= 0.3 is 0 Å². The molecule has 30 heavy (non-hydrogen) atoms. The third-order valence-electron chi connectivity index (χ3n) is 7.46. The van der Waals surface area contributed by atoms with Gasteiger partial charge < -0.3 is 10.5 Å². The van der Waals surface area contributed by atoms with Gasteiger partial charge in [0.1, 0.15) is 5.84 Å². The molecule has 4 nitrogen and oxygen atoms in total. The van der Waals surface area contributed by atoms with Gasteiger partial charge in [-0.1, -0.05) is 41.9 Å². The Morgan fingerprint density at radius 3 is 2.53 bits per heavy atom. The van der Waals surface area contributed by atoms with Gasteiger partial charge in [0.2, 0.25) is 0 Å². The number of nitrogens with two attached hydrogens (primary N) is 1. The fourth-order valence-corrected chi connectivity index (χ4v) is 5.94. The molecule has 2 aliphatic carbocycles. The van der Waals surface area contributed by atoms with E-state index in [1.165, 1.54) is 11.1 Å². The highest BCUT2D eigenvalue weighted by Crippen LogP contribution is 2.62. The average molecular weight is 422 g/mol. The molecule has 0 aromatic heterocycles. The minimum Gasteiger partial charge on any atom is -0.382 e. The Morgan fingerprint density at radius 2 is 1.87 bits per heavy atom. The molecule has 1 unspecified atom stereocenters. The maximum Gasteiger partial charge on any atom is 0.184 e. The lowest BCUT2D eigenvalue weighted by Crippen LogP contribution is -2.43. The fourth-order valence-electron chi connectivity index (χ4n) is 5.71. The number of nitrogens with zero attached hydrogens (tertiary/aromatic N) is 2. The Kier molecular flexibility index (Phi) is 4.57. The van der Waals surface area contributed by atoms with Crippen LogP contribution in [0.4, 0.5) is 0 Å². The largest absolute Gasteiger partial charge is 0.382 e. The maximum atomic E-state index is 6.66. The lowest BCUT2D eigenvalue weighted by molar-refractivity contribution is -0.000372. The van der Waals surface area contributed by atoms with Crippen molar-refractivity contribution in [3.63, 3.8) is 0 Å². The highest BCUT2D eigenvalue weighted by molar-refractivity contribution is 6.41. The van der Waals surface area contributed by atoms with E-state index < -0.39 is 5.66 Å². The molecular weight excluding hydrogens is 394 g/mol. The molecule has 156 valence electrons. The second-order valence-corrected chi connectivity index (χ2v) is 9.44. The third kappa shape index (κ3) is 2.70. The zero-order valence-corrected chi connectivity index (χ0v) is 18.6. The lowest BCUT2D eigenvalue weighted by Gasteiger charge is -2.44. The lowest BCUT2D eigenvalue weighted by atomic mass is 9.65. The number of hydrogen-bond donors (Lipinski definition) is 1. The molecule has 0 radical (unpaired) electrons. The minimum absolute atomic E-state index is 0.0399. The van der Waals surface area contributed by atoms with Gasteiger partial charge in [-0.05, 0) is 68.7 Å². The number of benzene rings is 2. The molecule has 5 heteroatoms. The van der Waals surface area contributed by atoms with E-state index in [0.29, 0.717) is 11.9 Å². The van der Waals surface area contributed by atoms with Crippen LogP contribution in [0.3, 0.4) is 0 Å². The van der Waals surface area contributed by atoms with Gasteiger partial charge in [-0.2, -0.15) is 0 Å². The Labute approximate surface area is 183 Å². The molecule has 2 N–H and O–H groups in total. The Bertz CT molecular complexity index is 1060. The summed E-state index contributed by atoms with van der Waals surface area (Å²) in [5, 5.41) is 0.800. The van der Waals surface area contributed by atoms with Crippen molar-refractivity contribution in [2.75, 3.05) is 7.11 Å². The predicted octanol–water partition coefficient (Wildman–Crippen LogP) is 5.43. The van der Waals surface area contributed by atoms with E-state index in [1.807, 2.05) is 27.0 Å². The molecule has 3 aliphatic rings. The summed E-state index contributed by atoms with van der Waals surface area (Å²) in [6.07, 6.45) is 5.45. The number of aryl methyl sites for hydroxylation is 1. The molecule has 1 fully saturated rings. The van der Waals surface area contributed by atoms with Crippen molar-refractivity contribution in [2.45, 2.75) is 57.7 Å². The molecule has 1 aliphatic heterocycles. The van der Waals surface area contributed by atoms with Crippen molar-refractivity contribution in [1.82, 2.24) is 0 Å². The number of hydrogen-bond acceptors (Lipinski definition) is 4. The van der Waals surface area contributed by atoms with Crippen molar-refractivity contribution in [3.8, 4) is 11.1 Å². The molecule has 0 bridgehead atoms. The summed E-state index contributed by atoms with van der Waals surface area (Å²) in [6, 6.07) is 12.9. The van der Waals surface area contributed by atoms with E-state index in [9.17, 15) is 0 Å². The van der Waals surface area contributed by atoms with Crippen LogP contribution < -0.4 is 5.73 Å². The number of methoxy groups -OCH3 is 1. The third-order valence-corrected chi connectivity index (χ3v) is 7.96. The second kappa shape index (κ2) is 6.93. The van der Waals surface area contributed by atoms with Crippen LogP contribution in [-0.4, -0.2) is 24.8 Å². The summed E-state index contributed by atoms with van der Waals surface area (Å²) in [5.41, 5.74) is 12.2. The zero-order chi connectivity index (χ0) is 21.1. The zero-order valence-electron chi connectivity index (χ0n) is 17.8. The monoisotopic (exact) mass is 421 g/mol. The van der Waals surface area contributed by atoms with Crippen LogP contribution in [0, 0.1) is 12.3 Å². The number of aliphatic imine (C=N–C) groups is 2. The van der Waals surface area contributed by atoms with Crippen molar-refractivity contribution in [2.24, 2.45) is 21.1 Å². The van der Waals surface area contributed by atoms with Gasteiger partial charge in [0.05, 0.1) is 16.8 Å². The molecular formula is C25H28ClN3O. The molecule has 1 saturated carbocycles. The average Bonchev–Trinajstić information content (AvgIpc) is 3.18. The predicted molar refractivity (Wildman–Crippen MR) is 123 cm³/mol. The van der Waals surface area contributed by atoms with Gasteiger partial charge in [-0.3, -0.25) is 4.99 Å². The maximum absolute atomic E-state index is 6.66. The number of rotatable bonds is 2. The van der Waals surface area contributed by atoms with Crippen molar-refractivity contribution in [1.29, 1.82) is 0 Å². The van der Waals surface area contributed by atoms with E-state index in [-0.39, 0.29) is 5.41 Å². The summed E-state index contributed by atoms with van der Waals surface area (Å²) in [5.74, 6) is 0.565. The van der Waals surface area contributed by atoms with E-state index in [2.05, 4.69) is 30.3 Å². The smallest absolute Gasteiger partial charge is 0.184 e. The Balaban J connectivity index is 1.67. The molecule has 2 spiro atoms. The normalized spacial score (nSPS) is 29.9. The quantitative estimate of drug-likeness (QED) is 0.702. The summed E-state index contributed by atoms with van der Waals surface area (Å²) in [6.45, 7) is 4.01. The van der Waals surface area contributed by atoms with Crippen LogP contribution >= 0.6 is 11.6 Å². The van der Waals surface area contributed by atoms with Crippen LogP contribution in [0.2, 0.25) is 5.02 Å². The van der Waals surface area contributed by atoms with E-state index in [4.69, 9.17) is 32.1 Å². The summed E-state index contributed by atoms with van der Waals surface area (Å²) < 4.78 is 5.65. The Hall–Kier alpha value is -2.17. The molecule has 1 heterocycles. The number of halogens is 1. The summed E-state index contributed by atoms with van der Waals surface area (Å²) in [7, 11) is 1.81. The molecule has 2 aromatic carbocycles. The highest BCUT2D eigenvalue weighted by Gasteiger charge is 2.60. The van der Waals surface area contributed by atoms with Crippen molar-refractivity contribution < 1.29 is 4.74 Å². The standard InChI is InChI=1S/C25H28ClN3O/c1-15-5-4-6-20(22(15)26)17-7-8-18-14-24(11-9-19(30-3)10-12-24)25(21(18)13-17)28-16(2)23(27)29-25/h4-8,13,19H,9-12,14H2,1-3H3,(H2,27,29). The molecule has 5 rings (SSSR count). The number of fused-ring (bicyclic) bond motifs is 3. The SMILES string of the molecule is COC1CCC2(CC1)Cc1ccc(-c3cccc(C)c3Cl)cc1C21N=C(C)C(N)=N1. The molecule has 2 aromatic rings. The topological polar surface area (TPSA) is 60.0 Å². The first-order valence-corrected chi connectivity index (χ1v) is 11.1. The fraction of sp³-hybridized carbons (Fsp3) is 0.440.